The van der Waals surface area contributed by atoms with Gasteiger partial charge in [0.25, 0.3) is 5.91 Å². The summed E-state index contributed by atoms with van der Waals surface area (Å²) >= 11 is 3.39. The summed E-state index contributed by atoms with van der Waals surface area (Å²) in [5.41, 5.74) is 1.06. The van der Waals surface area contributed by atoms with Gasteiger partial charge in [0.15, 0.2) is 0 Å². The van der Waals surface area contributed by atoms with Gasteiger partial charge in [0.2, 0.25) is 0 Å². The van der Waals surface area contributed by atoms with E-state index in [1.807, 2.05) is 26.8 Å². The maximum absolute atomic E-state index is 12.1. The zero-order valence-electron chi connectivity index (χ0n) is 11.3. The number of nitrogens with one attached hydrogen (secondary N) is 1. The van der Waals surface area contributed by atoms with Gasteiger partial charge in [0, 0.05) is 22.0 Å². The highest BCUT2D eigenvalue weighted by Crippen LogP contribution is 2.19. The Balaban J connectivity index is 2.72. The molecular weight excluding hydrogens is 310 g/mol. The van der Waals surface area contributed by atoms with Crippen molar-refractivity contribution in [3.05, 3.63) is 33.8 Å². The molecule has 1 rings (SSSR count). The molecular formula is C14H18BrNO3. The molecule has 0 saturated carbocycles. The number of carbonyl (C=O) groups is 2. The second-order valence-electron chi connectivity index (χ2n) is 5.20. The van der Waals surface area contributed by atoms with Crippen LogP contribution in [0, 0.1) is 6.92 Å². The van der Waals surface area contributed by atoms with E-state index in [4.69, 9.17) is 5.11 Å². The molecule has 0 aromatic heterocycles. The molecule has 4 nitrogen and oxygen atoms in total. The van der Waals surface area contributed by atoms with Crippen LogP contribution in [0.15, 0.2) is 22.7 Å². The Morgan fingerprint density at radius 3 is 2.53 bits per heavy atom. The lowest BCUT2D eigenvalue weighted by Crippen LogP contribution is -2.43. The second-order valence-corrected chi connectivity index (χ2v) is 6.05. The van der Waals surface area contributed by atoms with Gasteiger partial charge in [-0.1, -0.05) is 22.0 Å². The Labute approximate surface area is 121 Å². The Kier molecular flexibility index (Phi) is 5.11. The van der Waals surface area contributed by atoms with Crippen LogP contribution in [0.1, 0.15) is 42.6 Å². The Morgan fingerprint density at radius 2 is 2.00 bits per heavy atom. The van der Waals surface area contributed by atoms with Crippen LogP contribution in [-0.2, 0) is 4.79 Å². The lowest BCUT2D eigenvalue weighted by Gasteiger charge is -2.25. The monoisotopic (exact) mass is 327 g/mol. The molecule has 0 fully saturated rings. The fourth-order valence-corrected chi connectivity index (χ4v) is 1.97. The molecule has 0 bridgehead atoms. The summed E-state index contributed by atoms with van der Waals surface area (Å²) in [7, 11) is 0. The molecule has 19 heavy (non-hydrogen) atoms. The van der Waals surface area contributed by atoms with Crippen molar-refractivity contribution in [3.8, 4) is 0 Å². The van der Waals surface area contributed by atoms with Gasteiger partial charge >= 0.3 is 5.97 Å². The van der Waals surface area contributed by atoms with Crippen molar-refractivity contribution < 1.29 is 14.7 Å². The topological polar surface area (TPSA) is 66.4 Å². The molecule has 0 aliphatic heterocycles. The van der Waals surface area contributed by atoms with Crippen LogP contribution in [0.3, 0.4) is 0 Å². The lowest BCUT2D eigenvalue weighted by molar-refractivity contribution is -0.137. The molecule has 0 atom stereocenters. The minimum Gasteiger partial charge on any atom is -0.481 e. The van der Waals surface area contributed by atoms with Crippen LogP contribution in [-0.4, -0.2) is 22.5 Å². The van der Waals surface area contributed by atoms with Crippen molar-refractivity contribution in [2.75, 3.05) is 0 Å². The van der Waals surface area contributed by atoms with Crippen LogP contribution in [0.2, 0.25) is 0 Å². The van der Waals surface area contributed by atoms with Gasteiger partial charge in [-0.3, -0.25) is 9.59 Å². The molecule has 2 N–H and O–H groups in total. The minimum absolute atomic E-state index is 0.0326. The maximum atomic E-state index is 12.1. The highest BCUT2D eigenvalue weighted by Gasteiger charge is 2.22. The van der Waals surface area contributed by atoms with Gasteiger partial charge in [-0.15, -0.1) is 0 Å². The quantitative estimate of drug-likeness (QED) is 0.873. The van der Waals surface area contributed by atoms with E-state index in [0.717, 1.165) is 10.0 Å². The number of carboxylic acids is 1. The van der Waals surface area contributed by atoms with Crippen LogP contribution in [0.4, 0.5) is 0 Å². The summed E-state index contributed by atoms with van der Waals surface area (Å²) < 4.78 is 0.878. The van der Waals surface area contributed by atoms with Crippen LogP contribution in [0.5, 0.6) is 0 Å². The largest absolute Gasteiger partial charge is 0.481 e. The summed E-state index contributed by atoms with van der Waals surface area (Å²) in [6.07, 6.45) is 0.423. The molecule has 5 heteroatoms. The van der Waals surface area contributed by atoms with Crippen molar-refractivity contribution in [3.63, 3.8) is 0 Å². The number of aliphatic carboxylic acids is 1. The maximum Gasteiger partial charge on any atom is 0.303 e. The van der Waals surface area contributed by atoms with Crippen molar-refractivity contribution in [1.29, 1.82) is 0 Å². The fourth-order valence-electron chi connectivity index (χ4n) is 1.60. The summed E-state index contributed by atoms with van der Waals surface area (Å²) in [6, 6.07) is 5.38. The molecule has 0 aliphatic carbocycles. The van der Waals surface area contributed by atoms with E-state index in [1.165, 1.54) is 0 Å². The molecule has 0 radical (unpaired) electrons. The Morgan fingerprint density at radius 1 is 1.37 bits per heavy atom. The summed E-state index contributed by atoms with van der Waals surface area (Å²) in [6.45, 7) is 5.58. The molecule has 0 spiro atoms. The fraction of sp³-hybridized carbons (Fsp3) is 0.429. The number of amides is 1. The molecule has 0 unspecified atom stereocenters. The molecule has 0 heterocycles. The average molecular weight is 328 g/mol. The summed E-state index contributed by atoms with van der Waals surface area (Å²) in [5.74, 6) is -1.06. The van der Waals surface area contributed by atoms with E-state index >= 15 is 0 Å². The number of carboxylic acid groups (broad SMARTS) is 1. The van der Waals surface area contributed by atoms with Gasteiger partial charge in [-0.25, -0.2) is 0 Å². The molecule has 104 valence electrons. The Hall–Kier alpha value is -1.36. The average Bonchev–Trinajstić information content (AvgIpc) is 2.29. The first-order valence-corrected chi connectivity index (χ1v) is 6.81. The van der Waals surface area contributed by atoms with Crippen LogP contribution in [0.25, 0.3) is 0 Å². The van der Waals surface area contributed by atoms with E-state index in [-0.39, 0.29) is 12.3 Å². The number of aryl methyl sites for hydroxylation is 1. The van der Waals surface area contributed by atoms with E-state index < -0.39 is 11.5 Å². The molecule has 1 aromatic carbocycles. The number of hydrogen-bond acceptors (Lipinski definition) is 2. The molecule has 1 aromatic rings. The van der Waals surface area contributed by atoms with Crippen molar-refractivity contribution in [1.82, 2.24) is 5.32 Å². The minimum atomic E-state index is -0.861. The third-order valence-corrected chi connectivity index (χ3v) is 3.70. The zero-order valence-corrected chi connectivity index (χ0v) is 12.9. The number of rotatable bonds is 5. The normalized spacial score (nSPS) is 11.2. The zero-order chi connectivity index (χ0) is 14.6. The molecule has 1 amide bonds. The highest BCUT2D eigenvalue weighted by atomic mass is 79.9. The van der Waals surface area contributed by atoms with Gasteiger partial charge in [0.05, 0.1) is 0 Å². The Bertz CT molecular complexity index is 497. The number of carbonyl (C=O) groups excluding carboxylic acids is 1. The SMILES string of the molecule is Cc1ccc(C(=O)NC(C)(C)CCC(=O)O)cc1Br. The van der Waals surface area contributed by atoms with Crippen molar-refractivity contribution in [2.24, 2.45) is 0 Å². The summed E-state index contributed by atoms with van der Waals surface area (Å²) in [5, 5.41) is 11.5. The smallest absolute Gasteiger partial charge is 0.303 e. The van der Waals surface area contributed by atoms with Gasteiger partial charge in [-0.2, -0.15) is 0 Å². The van der Waals surface area contributed by atoms with Gasteiger partial charge < -0.3 is 10.4 Å². The van der Waals surface area contributed by atoms with E-state index in [2.05, 4.69) is 21.2 Å². The molecule has 0 aliphatic rings. The number of halogens is 1. The van der Waals surface area contributed by atoms with Crippen LogP contribution < -0.4 is 5.32 Å². The van der Waals surface area contributed by atoms with Gasteiger partial charge in [-0.05, 0) is 44.9 Å². The highest BCUT2D eigenvalue weighted by molar-refractivity contribution is 9.10. The predicted octanol–water partition coefficient (Wildman–Crippen LogP) is 3.13. The second kappa shape index (κ2) is 6.19. The number of benzene rings is 1. The van der Waals surface area contributed by atoms with E-state index in [9.17, 15) is 9.59 Å². The third-order valence-electron chi connectivity index (χ3n) is 2.85. The van der Waals surface area contributed by atoms with Crippen LogP contribution >= 0.6 is 15.9 Å². The first-order valence-electron chi connectivity index (χ1n) is 6.02. The van der Waals surface area contributed by atoms with Crippen molar-refractivity contribution in [2.45, 2.75) is 39.2 Å². The third kappa shape index (κ3) is 5.03. The molecule has 0 saturated heterocycles. The first-order chi connectivity index (χ1) is 8.71. The summed E-state index contributed by atoms with van der Waals surface area (Å²) in [4.78, 5) is 22.7. The standard InChI is InChI=1S/C14H18BrNO3/c1-9-4-5-10(8-11(9)15)13(19)16-14(2,3)7-6-12(17)18/h4-5,8H,6-7H2,1-3H3,(H,16,19)(H,17,18). The van der Waals surface area contributed by atoms with Gasteiger partial charge in [0.1, 0.15) is 0 Å². The van der Waals surface area contributed by atoms with Crippen molar-refractivity contribution >= 4 is 27.8 Å². The number of hydrogen-bond donors (Lipinski definition) is 2. The van der Waals surface area contributed by atoms with E-state index in [1.54, 1.807) is 12.1 Å². The first kappa shape index (κ1) is 15.7. The predicted molar refractivity (Wildman–Crippen MR) is 77.3 cm³/mol. The lowest BCUT2D eigenvalue weighted by atomic mass is 9.97. The van der Waals surface area contributed by atoms with E-state index in [0.29, 0.717) is 12.0 Å².